The Labute approximate surface area is 208 Å². The second-order valence-electron chi connectivity index (χ2n) is 9.08. The first-order valence-corrected chi connectivity index (χ1v) is 12.1. The van der Waals surface area contributed by atoms with Crippen LogP contribution in [0.4, 0.5) is 17.2 Å². The van der Waals surface area contributed by atoms with Crippen molar-refractivity contribution in [2.45, 2.75) is 18.8 Å². The van der Waals surface area contributed by atoms with Crippen molar-refractivity contribution < 1.29 is 14.3 Å². The van der Waals surface area contributed by atoms with E-state index in [2.05, 4.69) is 31.2 Å². The molecule has 1 N–H and O–H groups in total. The molecule has 0 atom stereocenters. The predicted octanol–water partition coefficient (Wildman–Crippen LogP) is 3.67. The van der Waals surface area contributed by atoms with Gasteiger partial charge in [-0.15, -0.1) is 0 Å². The largest absolute Gasteiger partial charge is 0.464 e. The number of nitrogens with one attached hydrogen (secondary N) is 1. The van der Waals surface area contributed by atoms with Gasteiger partial charge in [-0.3, -0.25) is 4.98 Å². The van der Waals surface area contributed by atoms with Gasteiger partial charge in [0.05, 0.1) is 43.9 Å². The van der Waals surface area contributed by atoms with E-state index in [1.807, 2.05) is 36.4 Å². The quantitative estimate of drug-likeness (QED) is 0.409. The minimum absolute atomic E-state index is 0.130. The fourth-order valence-electron chi connectivity index (χ4n) is 4.90. The van der Waals surface area contributed by atoms with E-state index in [0.717, 1.165) is 53.8 Å². The van der Waals surface area contributed by atoms with Gasteiger partial charge in [-0.05, 0) is 36.5 Å². The maximum absolute atomic E-state index is 12.4. The van der Waals surface area contributed by atoms with Gasteiger partial charge in [0.25, 0.3) is 0 Å². The molecular weight excluding hydrogens is 458 g/mol. The Morgan fingerprint density at radius 3 is 2.69 bits per heavy atom. The van der Waals surface area contributed by atoms with Gasteiger partial charge in [0.1, 0.15) is 0 Å². The maximum atomic E-state index is 12.4. The van der Waals surface area contributed by atoms with Gasteiger partial charge in [-0.2, -0.15) is 0 Å². The molecule has 0 spiro atoms. The molecule has 0 amide bonds. The van der Waals surface area contributed by atoms with E-state index in [0.29, 0.717) is 24.9 Å². The van der Waals surface area contributed by atoms with Crippen LogP contribution in [-0.4, -0.2) is 63.9 Å². The summed E-state index contributed by atoms with van der Waals surface area (Å²) in [5.41, 5.74) is 7.23. The Morgan fingerprint density at radius 1 is 1.11 bits per heavy atom. The molecule has 3 aromatic heterocycles. The van der Waals surface area contributed by atoms with Crippen LogP contribution in [0.15, 0.2) is 43.2 Å². The van der Waals surface area contributed by atoms with Crippen LogP contribution < -0.4 is 10.2 Å². The molecule has 2 aliphatic rings. The number of aryl methyl sites for hydroxylation is 1. The molecule has 6 rings (SSSR count). The van der Waals surface area contributed by atoms with Crippen LogP contribution in [0.1, 0.15) is 34.8 Å². The standard InChI is InChI=1S/C26H27N7O3/c1-32-15-30-23-17(13-27-14-20(23)32)22-18(31-25-24(26(34)35-2)28-7-8-29-25)5-6-19(21(22)16-3-4-16)33-9-11-36-12-10-33/h5-8,13-16H,3-4,9-12H2,1-2H3,(H,29,31). The zero-order valence-corrected chi connectivity index (χ0v) is 20.3. The second-order valence-corrected chi connectivity index (χ2v) is 9.08. The Morgan fingerprint density at radius 2 is 1.92 bits per heavy atom. The van der Waals surface area contributed by atoms with Crippen LogP contribution in [0.5, 0.6) is 0 Å². The molecular formula is C26H27N7O3. The van der Waals surface area contributed by atoms with Crippen LogP contribution >= 0.6 is 0 Å². The smallest absolute Gasteiger partial charge is 0.360 e. The zero-order chi connectivity index (χ0) is 24.6. The van der Waals surface area contributed by atoms with Crippen LogP contribution in [0, 0.1) is 0 Å². The fourth-order valence-corrected chi connectivity index (χ4v) is 4.90. The molecule has 10 nitrogen and oxygen atoms in total. The Kier molecular flexibility index (Phi) is 5.73. The van der Waals surface area contributed by atoms with Crippen molar-refractivity contribution >= 4 is 34.2 Å². The van der Waals surface area contributed by atoms with Gasteiger partial charge in [-0.25, -0.2) is 19.7 Å². The van der Waals surface area contributed by atoms with Gasteiger partial charge < -0.3 is 24.3 Å². The number of anilines is 3. The Balaban J connectivity index is 1.58. The summed E-state index contributed by atoms with van der Waals surface area (Å²) in [6.07, 6.45) is 10.8. The molecule has 0 unspecified atom stereocenters. The highest BCUT2D eigenvalue weighted by Crippen LogP contribution is 2.52. The first-order valence-electron chi connectivity index (χ1n) is 12.1. The minimum Gasteiger partial charge on any atom is -0.464 e. The number of pyridine rings is 1. The summed E-state index contributed by atoms with van der Waals surface area (Å²) >= 11 is 0. The van der Waals surface area contributed by atoms with E-state index >= 15 is 0 Å². The lowest BCUT2D eigenvalue weighted by Gasteiger charge is -2.32. The number of imidazole rings is 1. The normalized spacial score (nSPS) is 15.8. The molecule has 36 heavy (non-hydrogen) atoms. The minimum atomic E-state index is -0.548. The predicted molar refractivity (Wildman–Crippen MR) is 136 cm³/mol. The Bertz CT molecular complexity index is 1440. The number of esters is 1. The summed E-state index contributed by atoms with van der Waals surface area (Å²) in [5.74, 6) is 0.223. The summed E-state index contributed by atoms with van der Waals surface area (Å²) in [4.78, 5) is 32.7. The molecule has 0 bridgehead atoms. The summed E-state index contributed by atoms with van der Waals surface area (Å²) in [7, 11) is 3.30. The van der Waals surface area contributed by atoms with Gasteiger partial charge in [0.2, 0.25) is 0 Å². The highest BCUT2D eigenvalue weighted by atomic mass is 16.5. The molecule has 184 valence electrons. The number of benzene rings is 1. The first-order chi connectivity index (χ1) is 17.7. The summed E-state index contributed by atoms with van der Waals surface area (Å²) in [5, 5.41) is 3.40. The van der Waals surface area contributed by atoms with Crippen LogP contribution in [0.3, 0.4) is 0 Å². The molecule has 1 aliphatic carbocycles. The van der Waals surface area contributed by atoms with Gasteiger partial charge in [0, 0.05) is 61.2 Å². The second kappa shape index (κ2) is 9.19. The molecule has 0 radical (unpaired) electrons. The molecule has 4 heterocycles. The third kappa shape index (κ3) is 3.93. The molecule has 1 aromatic carbocycles. The monoisotopic (exact) mass is 485 g/mol. The van der Waals surface area contributed by atoms with E-state index in [1.165, 1.54) is 24.6 Å². The van der Waals surface area contributed by atoms with Crippen LogP contribution in [0.25, 0.3) is 22.2 Å². The number of nitrogens with zero attached hydrogens (tertiary/aromatic N) is 6. The van der Waals surface area contributed by atoms with E-state index in [4.69, 9.17) is 14.5 Å². The van der Waals surface area contributed by atoms with E-state index in [-0.39, 0.29) is 5.69 Å². The van der Waals surface area contributed by atoms with Crippen molar-refractivity contribution in [3.63, 3.8) is 0 Å². The topological polar surface area (TPSA) is 107 Å². The van der Waals surface area contributed by atoms with Crippen molar-refractivity contribution in [2.24, 2.45) is 7.05 Å². The molecule has 1 saturated carbocycles. The lowest BCUT2D eigenvalue weighted by molar-refractivity contribution is 0.0595. The molecule has 10 heteroatoms. The fraction of sp³-hybridized carbons (Fsp3) is 0.346. The third-order valence-corrected chi connectivity index (χ3v) is 6.80. The Hall–Kier alpha value is -4.05. The molecule has 2 fully saturated rings. The molecule has 1 aliphatic heterocycles. The number of hydrogen-bond acceptors (Lipinski definition) is 9. The average Bonchev–Trinajstić information content (AvgIpc) is 3.70. The lowest BCUT2D eigenvalue weighted by Crippen LogP contribution is -2.36. The SMILES string of the molecule is COC(=O)c1nccnc1Nc1ccc(N2CCOCC2)c(C2CC2)c1-c1cncc2c1ncn2C. The van der Waals surface area contributed by atoms with Crippen LogP contribution in [0.2, 0.25) is 0 Å². The lowest BCUT2D eigenvalue weighted by atomic mass is 9.92. The number of morpholine rings is 1. The van der Waals surface area contributed by atoms with Crippen molar-refractivity contribution in [1.82, 2.24) is 24.5 Å². The number of fused-ring (bicyclic) bond motifs is 1. The van der Waals surface area contributed by atoms with Gasteiger partial charge in [-0.1, -0.05) is 0 Å². The van der Waals surface area contributed by atoms with Gasteiger partial charge >= 0.3 is 5.97 Å². The van der Waals surface area contributed by atoms with Crippen molar-refractivity contribution in [3.05, 3.63) is 54.5 Å². The summed E-state index contributed by atoms with van der Waals surface area (Å²) < 4.78 is 12.5. The maximum Gasteiger partial charge on any atom is 0.360 e. The molecule has 1 saturated heterocycles. The van der Waals surface area contributed by atoms with Crippen molar-refractivity contribution in [2.75, 3.05) is 43.6 Å². The summed E-state index contributed by atoms with van der Waals surface area (Å²) in [6, 6.07) is 4.20. The van der Waals surface area contributed by atoms with E-state index in [9.17, 15) is 4.79 Å². The number of hydrogen-bond donors (Lipinski definition) is 1. The number of aromatic nitrogens is 5. The average molecular weight is 486 g/mol. The molecule has 4 aromatic rings. The zero-order valence-electron chi connectivity index (χ0n) is 20.3. The van der Waals surface area contributed by atoms with E-state index in [1.54, 1.807) is 6.20 Å². The van der Waals surface area contributed by atoms with Gasteiger partial charge in [0.15, 0.2) is 11.5 Å². The van der Waals surface area contributed by atoms with Crippen molar-refractivity contribution in [3.8, 4) is 11.1 Å². The van der Waals surface area contributed by atoms with Crippen LogP contribution in [-0.2, 0) is 16.5 Å². The number of carbonyl (C=O) groups is 1. The number of methoxy groups -OCH3 is 1. The number of ether oxygens (including phenoxy) is 2. The van der Waals surface area contributed by atoms with E-state index < -0.39 is 5.97 Å². The summed E-state index contributed by atoms with van der Waals surface area (Å²) in [6.45, 7) is 3.10. The number of rotatable bonds is 6. The highest BCUT2D eigenvalue weighted by Gasteiger charge is 2.34. The van der Waals surface area contributed by atoms with Crippen molar-refractivity contribution in [1.29, 1.82) is 0 Å². The highest BCUT2D eigenvalue weighted by molar-refractivity contribution is 6.00. The first kappa shape index (κ1) is 22.4. The number of carbonyl (C=O) groups excluding carboxylic acids is 1. The third-order valence-electron chi connectivity index (χ3n) is 6.80.